The molecule has 0 aliphatic carbocycles. The van der Waals surface area contributed by atoms with Crippen LogP contribution in [0.3, 0.4) is 0 Å². The summed E-state index contributed by atoms with van der Waals surface area (Å²) in [5.74, 6) is 0. The SMILES string of the molecule is c1ccc2cc(-c3ccc4ccc(-c5c6ccccc6c(-c6ccc7c(c6)oc6ccccc67)c6ccccc56)cc4c3)ccc2c1. The summed E-state index contributed by atoms with van der Waals surface area (Å²) in [6.45, 7) is 0. The van der Waals surface area contributed by atoms with Crippen molar-refractivity contribution in [2.45, 2.75) is 0 Å². The van der Waals surface area contributed by atoms with Crippen LogP contribution in [0, 0.1) is 0 Å². The van der Waals surface area contributed by atoms with Gasteiger partial charge in [0.2, 0.25) is 0 Å². The Balaban J connectivity index is 1.19. The highest BCUT2D eigenvalue weighted by Gasteiger charge is 2.18. The maximum atomic E-state index is 6.34. The van der Waals surface area contributed by atoms with Crippen LogP contribution in [0.2, 0.25) is 0 Å². The predicted octanol–water partition coefficient (Wildman–Crippen LogP) is 13.2. The number of fused-ring (bicyclic) bond motifs is 7. The van der Waals surface area contributed by atoms with E-state index in [0.717, 1.165) is 27.5 Å². The van der Waals surface area contributed by atoms with Gasteiger partial charge in [0.15, 0.2) is 0 Å². The molecule has 0 bridgehead atoms. The van der Waals surface area contributed by atoms with Crippen molar-refractivity contribution in [2.75, 3.05) is 0 Å². The van der Waals surface area contributed by atoms with Crippen molar-refractivity contribution in [1.29, 1.82) is 0 Å². The second kappa shape index (κ2) is 10.2. The van der Waals surface area contributed by atoms with E-state index in [0.29, 0.717) is 0 Å². The molecule has 0 saturated heterocycles. The highest BCUT2D eigenvalue weighted by Crippen LogP contribution is 2.45. The Morgan fingerprint density at radius 2 is 0.681 bits per heavy atom. The summed E-state index contributed by atoms with van der Waals surface area (Å²) < 4.78 is 6.34. The summed E-state index contributed by atoms with van der Waals surface area (Å²) in [4.78, 5) is 0. The van der Waals surface area contributed by atoms with Gasteiger partial charge in [0.1, 0.15) is 11.2 Å². The van der Waals surface area contributed by atoms with Crippen LogP contribution in [0.5, 0.6) is 0 Å². The van der Waals surface area contributed by atoms with Crippen LogP contribution in [-0.2, 0) is 0 Å². The molecule has 0 spiro atoms. The average molecular weight is 597 g/mol. The molecule has 0 amide bonds. The van der Waals surface area contributed by atoms with Crippen molar-refractivity contribution < 1.29 is 4.42 Å². The minimum atomic E-state index is 0.915. The lowest BCUT2D eigenvalue weighted by Gasteiger charge is -2.18. The molecule has 1 heteroatoms. The van der Waals surface area contributed by atoms with Gasteiger partial charge < -0.3 is 4.42 Å². The van der Waals surface area contributed by atoms with Crippen LogP contribution in [0.4, 0.5) is 0 Å². The molecule has 0 N–H and O–H groups in total. The van der Waals surface area contributed by atoms with Gasteiger partial charge in [-0.2, -0.15) is 0 Å². The minimum absolute atomic E-state index is 0.915. The number of hydrogen-bond donors (Lipinski definition) is 0. The third-order valence-electron chi connectivity index (χ3n) is 9.81. The van der Waals surface area contributed by atoms with Gasteiger partial charge in [-0.3, -0.25) is 0 Å². The minimum Gasteiger partial charge on any atom is -0.456 e. The first-order valence-electron chi connectivity index (χ1n) is 16.2. The van der Waals surface area contributed by atoms with Gasteiger partial charge >= 0.3 is 0 Å². The predicted molar refractivity (Wildman–Crippen MR) is 200 cm³/mol. The number of benzene rings is 9. The molecule has 0 saturated carbocycles. The van der Waals surface area contributed by atoms with E-state index < -0.39 is 0 Å². The molecule has 0 fully saturated rings. The largest absolute Gasteiger partial charge is 0.456 e. The zero-order valence-corrected chi connectivity index (χ0v) is 25.6. The molecule has 10 aromatic rings. The maximum absolute atomic E-state index is 6.34. The summed E-state index contributed by atoms with van der Waals surface area (Å²) in [6, 6.07) is 61.7. The molecule has 0 aliphatic heterocycles. The van der Waals surface area contributed by atoms with Crippen molar-refractivity contribution in [3.05, 3.63) is 170 Å². The standard InChI is InChI=1S/C46H28O/c1-2-10-31-25-32(20-17-29(31)9-1)33-21-18-30-19-22-34(27-36(30)26-33)45-39-12-3-5-14-41(39)46(42-15-6-4-13-40(42)45)35-23-24-38-37-11-7-8-16-43(37)47-44(38)28-35/h1-28H. The molecule has 1 nitrogen and oxygen atoms in total. The molecular formula is C46H28O. The van der Waals surface area contributed by atoms with Gasteiger partial charge in [-0.15, -0.1) is 0 Å². The molecule has 47 heavy (non-hydrogen) atoms. The van der Waals surface area contributed by atoms with E-state index in [1.54, 1.807) is 0 Å². The van der Waals surface area contributed by atoms with Crippen molar-refractivity contribution in [1.82, 2.24) is 0 Å². The van der Waals surface area contributed by atoms with E-state index in [9.17, 15) is 0 Å². The van der Waals surface area contributed by atoms with E-state index in [1.807, 2.05) is 12.1 Å². The lowest BCUT2D eigenvalue weighted by atomic mass is 9.85. The second-order valence-corrected chi connectivity index (χ2v) is 12.5. The van der Waals surface area contributed by atoms with Gasteiger partial charge in [-0.25, -0.2) is 0 Å². The lowest BCUT2D eigenvalue weighted by Crippen LogP contribution is -1.91. The summed E-state index contributed by atoms with van der Waals surface area (Å²) in [7, 11) is 0. The summed E-state index contributed by atoms with van der Waals surface area (Å²) >= 11 is 0. The highest BCUT2D eigenvalue weighted by atomic mass is 16.3. The highest BCUT2D eigenvalue weighted by molar-refractivity contribution is 6.22. The van der Waals surface area contributed by atoms with Crippen molar-refractivity contribution in [2.24, 2.45) is 0 Å². The monoisotopic (exact) mass is 596 g/mol. The maximum Gasteiger partial charge on any atom is 0.136 e. The summed E-state index contributed by atoms with van der Waals surface area (Å²) in [5, 5.41) is 12.3. The van der Waals surface area contributed by atoms with Gasteiger partial charge in [-0.1, -0.05) is 133 Å². The van der Waals surface area contributed by atoms with Gasteiger partial charge in [0.25, 0.3) is 0 Å². The molecule has 1 heterocycles. The molecule has 1 aromatic heterocycles. The van der Waals surface area contributed by atoms with Gasteiger partial charge in [0, 0.05) is 10.8 Å². The van der Waals surface area contributed by atoms with Gasteiger partial charge in [-0.05, 0) is 113 Å². The molecule has 0 aliphatic rings. The Bertz CT molecular complexity index is 2800. The van der Waals surface area contributed by atoms with E-state index in [1.165, 1.54) is 70.9 Å². The van der Waals surface area contributed by atoms with E-state index in [2.05, 4.69) is 158 Å². The molecule has 10 rings (SSSR count). The van der Waals surface area contributed by atoms with Crippen LogP contribution in [-0.4, -0.2) is 0 Å². The van der Waals surface area contributed by atoms with Crippen molar-refractivity contribution in [3.8, 4) is 33.4 Å². The Labute approximate surface area is 271 Å². The number of para-hydroxylation sites is 1. The van der Waals surface area contributed by atoms with E-state index >= 15 is 0 Å². The van der Waals surface area contributed by atoms with Crippen LogP contribution in [0.15, 0.2) is 174 Å². The van der Waals surface area contributed by atoms with Crippen LogP contribution < -0.4 is 0 Å². The smallest absolute Gasteiger partial charge is 0.136 e. The molecule has 0 atom stereocenters. The van der Waals surface area contributed by atoms with Crippen LogP contribution in [0.1, 0.15) is 0 Å². The Hall–Kier alpha value is -6.18. The first kappa shape index (κ1) is 26.1. The van der Waals surface area contributed by atoms with E-state index in [4.69, 9.17) is 4.42 Å². The molecule has 0 radical (unpaired) electrons. The molecule has 0 unspecified atom stereocenters. The van der Waals surface area contributed by atoms with Crippen LogP contribution in [0.25, 0.3) is 98.4 Å². The topological polar surface area (TPSA) is 13.1 Å². The summed E-state index contributed by atoms with van der Waals surface area (Å²) in [5.41, 5.74) is 9.19. The zero-order chi connectivity index (χ0) is 30.9. The third-order valence-corrected chi connectivity index (χ3v) is 9.81. The average Bonchev–Trinajstić information content (AvgIpc) is 3.51. The Kier molecular flexibility index (Phi) is 5.64. The zero-order valence-electron chi connectivity index (χ0n) is 25.6. The van der Waals surface area contributed by atoms with Crippen LogP contribution >= 0.6 is 0 Å². The fourth-order valence-corrected chi connectivity index (χ4v) is 7.58. The van der Waals surface area contributed by atoms with Crippen molar-refractivity contribution in [3.63, 3.8) is 0 Å². The second-order valence-electron chi connectivity index (χ2n) is 12.5. The third kappa shape index (κ3) is 4.10. The van der Waals surface area contributed by atoms with Gasteiger partial charge in [0.05, 0.1) is 0 Å². The normalized spacial score (nSPS) is 11.8. The fourth-order valence-electron chi connectivity index (χ4n) is 7.58. The fraction of sp³-hybridized carbons (Fsp3) is 0. The lowest BCUT2D eigenvalue weighted by molar-refractivity contribution is 0.669. The van der Waals surface area contributed by atoms with Crippen molar-refractivity contribution >= 4 is 65.0 Å². The Morgan fingerprint density at radius 3 is 1.34 bits per heavy atom. The first-order chi connectivity index (χ1) is 23.3. The van der Waals surface area contributed by atoms with E-state index in [-0.39, 0.29) is 0 Å². The number of rotatable bonds is 3. The first-order valence-corrected chi connectivity index (χ1v) is 16.2. The number of hydrogen-bond acceptors (Lipinski definition) is 1. The molecular weight excluding hydrogens is 569 g/mol. The Morgan fingerprint density at radius 1 is 0.255 bits per heavy atom. The molecule has 218 valence electrons. The molecule has 9 aromatic carbocycles. The number of furan rings is 1. The quantitative estimate of drug-likeness (QED) is 0.185. The summed E-state index contributed by atoms with van der Waals surface area (Å²) in [6.07, 6.45) is 0.